The van der Waals surface area contributed by atoms with Gasteiger partial charge in [-0.25, -0.2) is 0 Å². The molecule has 1 saturated heterocycles. The van der Waals surface area contributed by atoms with E-state index in [0.717, 1.165) is 12.3 Å². The van der Waals surface area contributed by atoms with Crippen molar-refractivity contribution in [2.45, 2.75) is 23.9 Å². The Morgan fingerprint density at radius 2 is 2.24 bits per heavy atom. The Bertz CT molecular complexity index is 642. The Labute approximate surface area is 120 Å². The molecule has 0 spiro atoms. The summed E-state index contributed by atoms with van der Waals surface area (Å²) in [6.07, 6.45) is -3.61. The van der Waals surface area contributed by atoms with Gasteiger partial charge in [0.15, 0.2) is 6.10 Å². The number of rotatable bonds is 3. The van der Waals surface area contributed by atoms with Crippen molar-refractivity contribution in [2.75, 3.05) is 12.5 Å². The van der Waals surface area contributed by atoms with Gasteiger partial charge in [0.2, 0.25) is 11.8 Å². The summed E-state index contributed by atoms with van der Waals surface area (Å²) in [4.78, 5) is 13.1. The van der Waals surface area contributed by atoms with Gasteiger partial charge < -0.3 is 20.2 Å². The smallest absolute Gasteiger partial charge is 0.320 e. The van der Waals surface area contributed by atoms with Crippen LogP contribution in [0.2, 0.25) is 0 Å². The minimum absolute atomic E-state index is 0.591. The van der Waals surface area contributed by atoms with Gasteiger partial charge in [-0.1, -0.05) is 5.16 Å². The number of hydrogen-bond acceptors (Lipinski definition) is 6. The fourth-order valence-corrected chi connectivity index (χ4v) is 2.36. The molecule has 21 heavy (non-hydrogen) atoms. The molecule has 118 valence electrons. The van der Waals surface area contributed by atoms with Gasteiger partial charge in [-0.05, 0) is 0 Å². The maximum Gasteiger partial charge on any atom is 0.320 e. The highest BCUT2D eigenvalue weighted by atomic mass is 35.5. The van der Waals surface area contributed by atoms with Crippen molar-refractivity contribution in [3.63, 3.8) is 0 Å². The van der Waals surface area contributed by atoms with E-state index in [9.17, 15) is 23.8 Å². The highest BCUT2D eigenvalue weighted by Gasteiger charge is 2.66. The van der Waals surface area contributed by atoms with E-state index >= 15 is 0 Å². The van der Waals surface area contributed by atoms with Crippen molar-refractivity contribution in [1.82, 2.24) is 9.55 Å². The number of nitrogens with one attached hydrogen (secondary N) is 1. The number of aliphatic hydroxyl groups excluding tert-OH is 2. The van der Waals surface area contributed by atoms with Crippen molar-refractivity contribution in [3.05, 3.63) is 28.2 Å². The average Bonchev–Trinajstić information content (AvgIpc) is 2.68. The summed E-state index contributed by atoms with van der Waals surface area (Å²) in [6, 6.07) is 0.903. The van der Waals surface area contributed by atoms with Crippen molar-refractivity contribution < 1.29 is 28.9 Å². The molecule has 0 radical (unpaired) electrons. The van der Waals surface area contributed by atoms with E-state index < -0.39 is 47.5 Å². The standard InChI is InChI=1S/C10H12ClF2N3O5/c11-3-9(4-17)6(19)10(12,13)7(21-9)16-2-1-5(18)14-8(16)15-20/h1-2,6-7,17,19-20H,3-4H2,(H,14,15,18)/t6-,7-,9-/m1/s1. The SMILES string of the molecule is O=c1ccn([C@@H]2O[C@@](CO)(CCl)[C@@H](O)C2(F)F)/c(=N/O)[nH]1. The molecule has 0 bridgehead atoms. The van der Waals surface area contributed by atoms with Crippen molar-refractivity contribution in [2.24, 2.45) is 5.16 Å². The van der Waals surface area contributed by atoms with Crippen molar-refractivity contribution in [1.29, 1.82) is 0 Å². The lowest BCUT2D eigenvalue weighted by atomic mass is 9.97. The quantitative estimate of drug-likeness (QED) is 0.321. The number of ether oxygens (including phenoxy) is 1. The van der Waals surface area contributed by atoms with Crippen LogP contribution in [0.5, 0.6) is 0 Å². The Hall–Kier alpha value is -1.49. The Balaban J connectivity index is 2.58. The molecule has 2 heterocycles. The molecule has 0 unspecified atom stereocenters. The Morgan fingerprint density at radius 1 is 1.57 bits per heavy atom. The maximum atomic E-state index is 14.2. The molecule has 1 aliphatic heterocycles. The van der Waals surface area contributed by atoms with E-state index in [0.29, 0.717) is 4.57 Å². The van der Waals surface area contributed by atoms with Crippen LogP contribution in [-0.4, -0.2) is 55.1 Å². The highest BCUT2D eigenvalue weighted by Crippen LogP contribution is 2.47. The molecule has 2 rings (SSSR count). The lowest BCUT2D eigenvalue weighted by molar-refractivity contribution is -0.144. The number of nitrogens with zero attached hydrogens (tertiary/aromatic N) is 2. The molecule has 0 amide bonds. The molecule has 4 N–H and O–H groups in total. The molecule has 3 atom stereocenters. The van der Waals surface area contributed by atoms with Crippen molar-refractivity contribution in [3.8, 4) is 0 Å². The molecule has 0 saturated carbocycles. The normalized spacial score (nSPS) is 32.5. The third kappa shape index (κ3) is 2.33. The number of halogens is 3. The average molecular weight is 328 g/mol. The van der Waals surface area contributed by atoms with Gasteiger partial charge in [-0.15, -0.1) is 11.6 Å². The number of aliphatic hydroxyl groups is 2. The molecule has 1 aromatic rings. The number of alkyl halides is 3. The lowest BCUT2D eigenvalue weighted by Gasteiger charge is -2.26. The van der Waals surface area contributed by atoms with Crippen LogP contribution in [0.1, 0.15) is 6.23 Å². The van der Waals surface area contributed by atoms with Crippen LogP contribution < -0.4 is 11.2 Å². The van der Waals surface area contributed by atoms with Gasteiger partial charge in [-0.2, -0.15) is 8.78 Å². The fraction of sp³-hybridized carbons (Fsp3) is 0.600. The summed E-state index contributed by atoms with van der Waals surface area (Å²) >= 11 is 5.52. The molecular weight excluding hydrogens is 316 g/mol. The van der Waals surface area contributed by atoms with Gasteiger partial charge in [0.05, 0.1) is 12.5 Å². The first-order chi connectivity index (χ1) is 9.82. The van der Waals surface area contributed by atoms with Gasteiger partial charge in [-0.3, -0.25) is 14.3 Å². The highest BCUT2D eigenvalue weighted by molar-refractivity contribution is 6.18. The summed E-state index contributed by atoms with van der Waals surface area (Å²) in [6.45, 7) is -0.945. The summed E-state index contributed by atoms with van der Waals surface area (Å²) < 4.78 is 34.0. The van der Waals surface area contributed by atoms with Crippen LogP contribution in [0.15, 0.2) is 22.2 Å². The first-order valence-electron chi connectivity index (χ1n) is 5.72. The fourth-order valence-electron chi connectivity index (χ4n) is 2.06. The van der Waals surface area contributed by atoms with E-state index in [4.69, 9.17) is 21.5 Å². The predicted molar refractivity (Wildman–Crippen MR) is 64.0 cm³/mol. The number of aromatic nitrogens is 2. The minimum atomic E-state index is -3.85. The number of H-pyrrole nitrogens is 1. The van der Waals surface area contributed by atoms with Gasteiger partial charge in [0, 0.05) is 12.3 Å². The van der Waals surface area contributed by atoms with E-state index in [1.807, 2.05) is 4.98 Å². The first-order valence-corrected chi connectivity index (χ1v) is 6.26. The van der Waals surface area contributed by atoms with Crippen LogP contribution >= 0.6 is 11.6 Å². The second-order valence-corrected chi connectivity index (χ2v) is 4.81. The molecule has 11 heteroatoms. The minimum Gasteiger partial charge on any atom is -0.408 e. The number of aromatic amines is 1. The molecule has 0 aliphatic carbocycles. The Morgan fingerprint density at radius 3 is 2.71 bits per heavy atom. The predicted octanol–water partition coefficient (Wildman–Crippen LogP) is -1.04. The summed E-state index contributed by atoms with van der Waals surface area (Å²) in [5, 5.41) is 30.4. The van der Waals surface area contributed by atoms with E-state index in [2.05, 4.69) is 5.16 Å². The van der Waals surface area contributed by atoms with E-state index in [1.54, 1.807) is 0 Å². The van der Waals surface area contributed by atoms with Crippen LogP contribution in [-0.2, 0) is 4.74 Å². The van der Waals surface area contributed by atoms with Crippen LogP contribution in [0.4, 0.5) is 8.78 Å². The third-order valence-corrected chi connectivity index (χ3v) is 3.70. The lowest BCUT2D eigenvalue weighted by Crippen LogP contribution is -2.50. The monoisotopic (exact) mass is 327 g/mol. The first kappa shape index (κ1) is 15.9. The van der Waals surface area contributed by atoms with Crippen LogP contribution in [0, 0.1) is 0 Å². The Kier molecular flexibility index (Phi) is 4.06. The van der Waals surface area contributed by atoms with Crippen molar-refractivity contribution >= 4 is 11.6 Å². The molecule has 8 nitrogen and oxygen atoms in total. The molecule has 1 fully saturated rings. The zero-order valence-electron chi connectivity index (χ0n) is 10.4. The molecule has 1 aliphatic rings. The zero-order chi connectivity index (χ0) is 15.8. The third-order valence-electron chi connectivity index (χ3n) is 3.25. The second kappa shape index (κ2) is 5.37. The maximum absolute atomic E-state index is 14.2. The van der Waals surface area contributed by atoms with Gasteiger partial charge >= 0.3 is 5.92 Å². The topological polar surface area (TPSA) is 120 Å². The van der Waals surface area contributed by atoms with E-state index in [-0.39, 0.29) is 0 Å². The van der Waals surface area contributed by atoms with Gasteiger partial charge in [0.25, 0.3) is 5.56 Å². The summed E-state index contributed by atoms with van der Waals surface area (Å²) in [7, 11) is 0. The summed E-state index contributed by atoms with van der Waals surface area (Å²) in [5.41, 5.74) is -3.37. The van der Waals surface area contributed by atoms with Crippen LogP contribution in [0.3, 0.4) is 0 Å². The molecular formula is C10H12ClF2N3O5. The van der Waals surface area contributed by atoms with E-state index in [1.165, 1.54) is 0 Å². The molecule has 0 aromatic carbocycles. The van der Waals surface area contributed by atoms with Gasteiger partial charge in [0.1, 0.15) is 5.60 Å². The zero-order valence-corrected chi connectivity index (χ0v) is 11.2. The second-order valence-electron chi connectivity index (χ2n) is 4.54. The van der Waals surface area contributed by atoms with Crippen LogP contribution in [0.25, 0.3) is 0 Å². The summed E-state index contributed by atoms with van der Waals surface area (Å²) in [5.74, 6) is -4.44. The largest absolute Gasteiger partial charge is 0.408 e. The number of hydrogen-bond donors (Lipinski definition) is 4. The molecule has 1 aromatic heterocycles.